The Morgan fingerprint density at radius 3 is 2.43 bits per heavy atom. The lowest BCUT2D eigenvalue weighted by Gasteiger charge is -2.08. The summed E-state index contributed by atoms with van der Waals surface area (Å²) in [5.41, 5.74) is 0.922. The SMILES string of the molecule is CS(=O)(=O)c1nc(C(=O)Nc2ccc(Oc3ccccc3Cl)cc2)c2ccccn12. The highest BCUT2D eigenvalue weighted by atomic mass is 35.5. The number of imidazole rings is 1. The van der Waals surface area contributed by atoms with Crippen LogP contribution in [-0.2, 0) is 9.84 Å². The van der Waals surface area contributed by atoms with Crippen LogP contribution in [0.25, 0.3) is 5.52 Å². The maximum atomic E-state index is 12.8. The molecule has 2 aromatic heterocycles. The third kappa shape index (κ3) is 4.00. The maximum absolute atomic E-state index is 12.8. The number of nitrogens with one attached hydrogen (secondary N) is 1. The molecule has 9 heteroatoms. The Labute approximate surface area is 177 Å². The zero-order chi connectivity index (χ0) is 21.3. The van der Waals surface area contributed by atoms with Crippen LogP contribution in [0, 0.1) is 0 Å². The molecule has 2 heterocycles. The molecule has 0 fully saturated rings. The molecule has 0 spiro atoms. The zero-order valence-corrected chi connectivity index (χ0v) is 17.3. The van der Waals surface area contributed by atoms with Crippen LogP contribution in [0.5, 0.6) is 11.5 Å². The summed E-state index contributed by atoms with van der Waals surface area (Å²) in [5, 5.41) is 3.03. The average molecular weight is 442 g/mol. The lowest BCUT2D eigenvalue weighted by molar-refractivity contribution is 0.102. The molecule has 0 bridgehead atoms. The number of amides is 1. The first-order valence-corrected chi connectivity index (χ1v) is 11.1. The van der Waals surface area contributed by atoms with Crippen molar-refractivity contribution in [3.05, 3.63) is 83.6 Å². The van der Waals surface area contributed by atoms with E-state index in [1.807, 2.05) is 12.1 Å². The second-order valence-corrected chi connectivity index (χ2v) is 8.80. The lowest BCUT2D eigenvalue weighted by atomic mass is 10.2. The van der Waals surface area contributed by atoms with Gasteiger partial charge in [0.25, 0.3) is 5.91 Å². The fourth-order valence-electron chi connectivity index (χ4n) is 2.89. The van der Waals surface area contributed by atoms with E-state index < -0.39 is 15.7 Å². The number of hydrogen-bond donors (Lipinski definition) is 1. The Hall–Kier alpha value is -3.36. The number of pyridine rings is 1. The molecule has 0 saturated carbocycles. The summed E-state index contributed by atoms with van der Waals surface area (Å²) in [5.74, 6) is 0.551. The van der Waals surface area contributed by atoms with Gasteiger partial charge in [0.05, 0.1) is 10.5 Å². The summed E-state index contributed by atoms with van der Waals surface area (Å²) in [6.45, 7) is 0. The molecule has 0 aliphatic heterocycles. The molecule has 4 rings (SSSR count). The number of hydrogen-bond acceptors (Lipinski definition) is 5. The number of carbonyl (C=O) groups excluding carboxylic acids is 1. The fourth-order valence-corrected chi connectivity index (χ4v) is 3.84. The van der Waals surface area contributed by atoms with Crippen LogP contribution in [0.4, 0.5) is 5.69 Å². The van der Waals surface area contributed by atoms with Gasteiger partial charge in [-0.25, -0.2) is 13.4 Å². The van der Waals surface area contributed by atoms with E-state index in [-0.39, 0.29) is 10.9 Å². The van der Waals surface area contributed by atoms with Gasteiger partial charge in [-0.3, -0.25) is 9.20 Å². The van der Waals surface area contributed by atoms with E-state index >= 15 is 0 Å². The smallest absolute Gasteiger partial charge is 0.276 e. The van der Waals surface area contributed by atoms with Crippen molar-refractivity contribution >= 4 is 38.5 Å². The van der Waals surface area contributed by atoms with E-state index in [1.54, 1.807) is 60.8 Å². The minimum Gasteiger partial charge on any atom is -0.456 e. The number of carbonyl (C=O) groups is 1. The molecule has 0 aliphatic rings. The second-order valence-electron chi connectivity index (χ2n) is 6.48. The molecule has 0 radical (unpaired) electrons. The molecular weight excluding hydrogens is 426 g/mol. The molecule has 4 aromatic rings. The minimum atomic E-state index is -3.61. The summed E-state index contributed by atoms with van der Waals surface area (Å²) in [7, 11) is -3.61. The van der Waals surface area contributed by atoms with Crippen LogP contribution < -0.4 is 10.1 Å². The standard InChI is InChI=1S/C21H16ClN3O4S/c1-30(27,28)21-24-19(17-7-4-5-13-25(17)21)20(26)23-14-9-11-15(12-10-14)29-18-8-3-2-6-16(18)22/h2-13H,1H3,(H,23,26). The molecule has 1 amide bonds. The first kappa shape index (κ1) is 19.9. The van der Waals surface area contributed by atoms with Gasteiger partial charge in [0.2, 0.25) is 15.0 Å². The third-order valence-corrected chi connectivity index (χ3v) is 5.50. The number of ether oxygens (including phenoxy) is 1. The summed E-state index contributed by atoms with van der Waals surface area (Å²) in [4.78, 5) is 16.8. The highest BCUT2D eigenvalue weighted by Gasteiger charge is 2.22. The van der Waals surface area contributed by atoms with Gasteiger partial charge in [-0.1, -0.05) is 29.8 Å². The number of rotatable bonds is 5. The van der Waals surface area contributed by atoms with Crippen molar-refractivity contribution in [3.63, 3.8) is 0 Å². The topological polar surface area (TPSA) is 89.8 Å². The Morgan fingerprint density at radius 2 is 1.73 bits per heavy atom. The summed E-state index contributed by atoms with van der Waals surface area (Å²) in [6, 6.07) is 18.8. The van der Waals surface area contributed by atoms with Gasteiger partial charge in [-0.05, 0) is 48.5 Å². The van der Waals surface area contributed by atoms with Gasteiger partial charge in [-0.15, -0.1) is 0 Å². The molecule has 0 atom stereocenters. The van der Waals surface area contributed by atoms with Crippen molar-refractivity contribution in [2.45, 2.75) is 5.16 Å². The van der Waals surface area contributed by atoms with Crippen LogP contribution in [0.2, 0.25) is 5.02 Å². The highest BCUT2D eigenvalue weighted by Crippen LogP contribution is 2.29. The van der Waals surface area contributed by atoms with E-state index in [1.165, 1.54) is 4.40 Å². The minimum absolute atomic E-state index is 0.0208. The van der Waals surface area contributed by atoms with Gasteiger partial charge < -0.3 is 10.1 Å². The first-order valence-electron chi connectivity index (χ1n) is 8.84. The molecule has 0 unspecified atom stereocenters. The largest absolute Gasteiger partial charge is 0.456 e. The van der Waals surface area contributed by atoms with Gasteiger partial charge in [0, 0.05) is 18.1 Å². The lowest BCUT2D eigenvalue weighted by Crippen LogP contribution is -2.13. The Bertz CT molecular complexity index is 1350. The molecule has 1 N–H and O–H groups in total. The number of aromatic nitrogens is 2. The van der Waals surface area contributed by atoms with Crippen LogP contribution in [0.15, 0.2) is 78.1 Å². The highest BCUT2D eigenvalue weighted by molar-refractivity contribution is 7.90. The third-order valence-electron chi connectivity index (χ3n) is 4.24. The van der Waals surface area contributed by atoms with Gasteiger partial charge in [-0.2, -0.15) is 0 Å². The van der Waals surface area contributed by atoms with Crippen LogP contribution >= 0.6 is 11.6 Å². The number of nitrogens with zero attached hydrogens (tertiary/aromatic N) is 2. The van der Waals surface area contributed by atoms with Crippen molar-refractivity contribution in [2.75, 3.05) is 11.6 Å². The number of anilines is 1. The monoisotopic (exact) mass is 441 g/mol. The quantitative estimate of drug-likeness (QED) is 0.494. The van der Waals surface area contributed by atoms with Crippen LogP contribution in [0.1, 0.15) is 10.5 Å². The molecule has 7 nitrogen and oxygen atoms in total. The van der Waals surface area contributed by atoms with Crippen LogP contribution in [0.3, 0.4) is 0 Å². The summed E-state index contributed by atoms with van der Waals surface area (Å²) < 4.78 is 31.1. The molecule has 152 valence electrons. The number of para-hydroxylation sites is 1. The number of sulfone groups is 1. The molecule has 2 aromatic carbocycles. The number of halogens is 1. The Morgan fingerprint density at radius 1 is 1.03 bits per heavy atom. The van der Waals surface area contributed by atoms with Crippen molar-refractivity contribution < 1.29 is 17.9 Å². The number of fused-ring (bicyclic) bond motifs is 1. The fraction of sp³-hybridized carbons (Fsp3) is 0.0476. The second kappa shape index (κ2) is 7.81. The van der Waals surface area contributed by atoms with Crippen molar-refractivity contribution in [1.29, 1.82) is 0 Å². The summed E-state index contributed by atoms with van der Waals surface area (Å²) in [6.07, 6.45) is 2.60. The average Bonchev–Trinajstić information content (AvgIpc) is 3.11. The van der Waals surface area contributed by atoms with Gasteiger partial charge in [0.1, 0.15) is 11.5 Å². The van der Waals surface area contributed by atoms with Crippen LogP contribution in [-0.4, -0.2) is 30.0 Å². The predicted molar refractivity (Wildman–Crippen MR) is 114 cm³/mol. The maximum Gasteiger partial charge on any atom is 0.276 e. The molecule has 0 saturated heterocycles. The Kier molecular flexibility index (Phi) is 5.19. The van der Waals surface area contributed by atoms with Crippen molar-refractivity contribution in [3.8, 4) is 11.5 Å². The Balaban J connectivity index is 1.57. The van der Waals surface area contributed by atoms with E-state index in [4.69, 9.17) is 16.3 Å². The zero-order valence-electron chi connectivity index (χ0n) is 15.7. The van der Waals surface area contributed by atoms with E-state index in [0.717, 1.165) is 6.26 Å². The normalized spacial score (nSPS) is 11.4. The van der Waals surface area contributed by atoms with E-state index in [0.29, 0.717) is 27.7 Å². The van der Waals surface area contributed by atoms with Gasteiger partial charge in [0.15, 0.2) is 5.69 Å². The first-order chi connectivity index (χ1) is 14.3. The van der Waals surface area contributed by atoms with Gasteiger partial charge >= 0.3 is 0 Å². The molecular formula is C21H16ClN3O4S. The molecule has 0 aliphatic carbocycles. The molecule has 30 heavy (non-hydrogen) atoms. The van der Waals surface area contributed by atoms with E-state index in [9.17, 15) is 13.2 Å². The van der Waals surface area contributed by atoms with E-state index in [2.05, 4.69) is 10.3 Å². The van der Waals surface area contributed by atoms with Crippen molar-refractivity contribution in [1.82, 2.24) is 9.38 Å². The van der Waals surface area contributed by atoms with Crippen molar-refractivity contribution in [2.24, 2.45) is 0 Å². The predicted octanol–water partition coefficient (Wildman–Crippen LogP) is 4.44. The summed E-state index contributed by atoms with van der Waals surface area (Å²) >= 11 is 6.09. The number of benzene rings is 2.